The smallest absolute Gasteiger partial charge is 0.398 e. The van der Waals surface area contributed by atoms with Crippen LogP contribution in [0.15, 0.2) is 23.1 Å². The summed E-state index contributed by atoms with van der Waals surface area (Å²) < 4.78 is 37.3. The van der Waals surface area contributed by atoms with Crippen LogP contribution in [0.3, 0.4) is 0 Å². The van der Waals surface area contributed by atoms with Crippen LogP contribution in [0.25, 0.3) is 0 Å². The zero-order valence-corrected chi connectivity index (χ0v) is 10.9. The van der Waals surface area contributed by atoms with E-state index in [1.54, 1.807) is 4.90 Å². The molecule has 2 rings (SSSR count). The summed E-state index contributed by atoms with van der Waals surface area (Å²) in [6, 6.07) is 3.19. The van der Waals surface area contributed by atoms with Gasteiger partial charge in [0.05, 0.1) is 11.3 Å². The van der Waals surface area contributed by atoms with Crippen LogP contribution >= 0.6 is 11.8 Å². The van der Waals surface area contributed by atoms with Crippen LogP contribution in [0, 0.1) is 0 Å². The molecular formula is C12H13F3N2OS. The van der Waals surface area contributed by atoms with Gasteiger partial charge in [-0.3, -0.25) is 4.79 Å². The van der Waals surface area contributed by atoms with Gasteiger partial charge in [-0.2, -0.15) is 13.2 Å². The van der Waals surface area contributed by atoms with Gasteiger partial charge in [0.1, 0.15) is 0 Å². The molecule has 2 N–H and O–H groups in total. The zero-order chi connectivity index (χ0) is 14.0. The number of benzene rings is 1. The molecule has 7 heteroatoms. The van der Waals surface area contributed by atoms with Crippen molar-refractivity contribution in [1.82, 2.24) is 4.90 Å². The quantitative estimate of drug-likeness (QED) is 0.687. The molecule has 104 valence electrons. The molecule has 1 aromatic rings. The van der Waals surface area contributed by atoms with Gasteiger partial charge in [-0.15, -0.1) is 11.8 Å². The average Bonchev–Trinajstić information content (AvgIpc) is 2.23. The lowest BCUT2D eigenvalue weighted by Gasteiger charge is -2.30. The number of amides is 1. The highest BCUT2D eigenvalue weighted by Crippen LogP contribution is 2.34. The molecule has 0 aromatic heterocycles. The monoisotopic (exact) mass is 290 g/mol. The third kappa shape index (κ3) is 3.34. The van der Waals surface area contributed by atoms with E-state index in [2.05, 4.69) is 0 Å². The number of rotatable bonds is 3. The van der Waals surface area contributed by atoms with E-state index in [9.17, 15) is 18.0 Å². The Balaban J connectivity index is 1.99. The maximum absolute atomic E-state index is 12.4. The van der Waals surface area contributed by atoms with E-state index >= 15 is 0 Å². The number of hydrogen-bond donors (Lipinski definition) is 1. The van der Waals surface area contributed by atoms with Crippen molar-refractivity contribution in [2.45, 2.75) is 17.5 Å². The van der Waals surface area contributed by atoms with Gasteiger partial charge in [0, 0.05) is 23.7 Å². The predicted octanol–water partition coefficient (Wildman–Crippen LogP) is 2.61. The van der Waals surface area contributed by atoms with Crippen molar-refractivity contribution in [2.75, 3.05) is 24.6 Å². The largest absolute Gasteiger partial charge is 0.416 e. The fourth-order valence-corrected chi connectivity index (χ4v) is 2.50. The highest BCUT2D eigenvalue weighted by atomic mass is 32.2. The Morgan fingerprint density at radius 2 is 2.05 bits per heavy atom. The van der Waals surface area contributed by atoms with Gasteiger partial charge >= 0.3 is 6.18 Å². The van der Waals surface area contributed by atoms with Crippen molar-refractivity contribution >= 4 is 23.4 Å². The van der Waals surface area contributed by atoms with Crippen molar-refractivity contribution in [1.29, 1.82) is 0 Å². The Kier molecular flexibility index (Phi) is 3.93. The van der Waals surface area contributed by atoms with Gasteiger partial charge in [0.15, 0.2) is 0 Å². The highest BCUT2D eigenvalue weighted by Gasteiger charge is 2.30. The summed E-state index contributed by atoms with van der Waals surface area (Å²) in [4.78, 5) is 13.8. The topological polar surface area (TPSA) is 46.3 Å². The first-order valence-corrected chi connectivity index (χ1v) is 6.74. The molecule has 19 heavy (non-hydrogen) atoms. The summed E-state index contributed by atoms with van der Waals surface area (Å²) in [7, 11) is 0. The second-order valence-electron chi connectivity index (χ2n) is 4.27. The van der Waals surface area contributed by atoms with Gasteiger partial charge in [-0.25, -0.2) is 0 Å². The molecule has 1 aliphatic rings. The van der Waals surface area contributed by atoms with Gasteiger partial charge < -0.3 is 10.6 Å². The molecule has 1 heterocycles. The van der Waals surface area contributed by atoms with E-state index in [0.29, 0.717) is 4.90 Å². The first-order chi connectivity index (χ1) is 8.88. The van der Waals surface area contributed by atoms with Crippen LogP contribution in [0.1, 0.15) is 12.0 Å². The normalized spacial score (nSPS) is 15.2. The van der Waals surface area contributed by atoms with E-state index in [1.807, 2.05) is 0 Å². The molecule has 0 saturated carbocycles. The molecule has 0 atom stereocenters. The van der Waals surface area contributed by atoms with Crippen LogP contribution in [0.4, 0.5) is 18.9 Å². The highest BCUT2D eigenvalue weighted by molar-refractivity contribution is 8.00. The van der Waals surface area contributed by atoms with Gasteiger partial charge in [0.25, 0.3) is 0 Å². The van der Waals surface area contributed by atoms with E-state index in [0.717, 1.165) is 31.6 Å². The molecule has 1 aliphatic heterocycles. The zero-order valence-electron chi connectivity index (χ0n) is 10.0. The summed E-state index contributed by atoms with van der Waals surface area (Å²) in [5.74, 6) is 0.200. The summed E-state index contributed by atoms with van der Waals surface area (Å²) in [5, 5.41) is 0. The summed E-state index contributed by atoms with van der Waals surface area (Å²) in [6.45, 7) is 1.53. The Bertz CT molecular complexity index is 486. The molecule has 1 saturated heterocycles. The van der Waals surface area contributed by atoms with Crippen molar-refractivity contribution in [2.24, 2.45) is 0 Å². The standard InChI is InChI=1S/C12H13F3N2OS/c13-12(14,15)8-2-3-10(9(16)6-8)19-7-11(18)17-4-1-5-17/h2-3,6H,1,4-5,7,16H2. The minimum absolute atomic E-state index is 0.00412. The van der Waals surface area contributed by atoms with Crippen LogP contribution < -0.4 is 5.73 Å². The van der Waals surface area contributed by atoms with E-state index < -0.39 is 11.7 Å². The number of alkyl halides is 3. The Morgan fingerprint density at radius 1 is 1.37 bits per heavy atom. The average molecular weight is 290 g/mol. The number of nitrogen functional groups attached to an aromatic ring is 1. The van der Waals surface area contributed by atoms with Gasteiger partial charge in [0.2, 0.25) is 5.91 Å². The number of likely N-dealkylation sites (tertiary alicyclic amines) is 1. The lowest BCUT2D eigenvalue weighted by Crippen LogP contribution is -2.43. The number of nitrogens with zero attached hydrogens (tertiary/aromatic N) is 1. The lowest BCUT2D eigenvalue weighted by atomic mass is 10.2. The van der Waals surface area contributed by atoms with Crippen LogP contribution in [-0.2, 0) is 11.0 Å². The molecule has 1 amide bonds. The number of nitrogens with two attached hydrogens (primary N) is 1. The van der Waals surface area contributed by atoms with Crippen molar-refractivity contribution in [3.05, 3.63) is 23.8 Å². The number of carbonyl (C=O) groups excluding carboxylic acids is 1. The lowest BCUT2D eigenvalue weighted by molar-refractivity contribution is -0.137. The number of anilines is 1. The number of carbonyl (C=O) groups is 1. The Hall–Kier alpha value is -1.37. The predicted molar refractivity (Wildman–Crippen MR) is 67.8 cm³/mol. The van der Waals surface area contributed by atoms with Crippen molar-refractivity contribution in [3.63, 3.8) is 0 Å². The Morgan fingerprint density at radius 3 is 2.53 bits per heavy atom. The summed E-state index contributed by atoms with van der Waals surface area (Å²) in [6.07, 6.45) is -3.39. The second kappa shape index (κ2) is 5.32. The SMILES string of the molecule is Nc1cc(C(F)(F)F)ccc1SCC(=O)N1CCC1. The van der Waals surface area contributed by atoms with Crippen molar-refractivity contribution < 1.29 is 18.0 Å². The maximum atomic E-state index is 12.4. The fourth-order valence-electron chi connectivity index (χ4n) is 1.65. The minimum Gasteiger partial charge on any atom is -0.398 e. The number of thioether (sulfide) groups is 1. The number of hydrogen-bond acceptors (Lipinski definition) is 3. The first-order valence-electron chi connectivity index (χ1n) is 5.75. The first kappa shape index (κ1) is 14.0. The summed E-state index contributed by atoms with van der Waals surface area (Å²) in [5.41, 5.74) is 4.86. The third-order valence-electron chi connectivity index (χ3n) is 2.90. The van der Waals surface area contributed by atoms with E-state index in [-0.39, 0.29) is 17.3 Å². The van der Waals surface area contributed by atoms with E-state index in [4.69, 9.17) is 5.73 Å². The maximum Gasteiger partial charge on any atom is 0.416 e. The van der Waals surface area contributed by atoms with Crippen LogP contribution in [0.2, 0.25) is 0 Å². The molecule has 0 aliphatic carbocycles. The molecule has 0 radical (unpaired) electrons. The second-order valence-corrected chi connectivity index (χ2v) is 5.29. The Labute approximate surface area is 112 Å². The molecular weight excluding hydrogens is 277 g/mol. The summed E-state index contributed by atoms with van der Waals surface area (Å²) >= 11 is 1.17. The molecule has 1 fully saturated rings. The van der Waals surface area contributed by atoms with Gasteiger partial charge in [-0.05, 0) is 24.6 Å². The van der Waals surface area contributed by atoms with E-state index in [1.165, 1.54) is 17.8 Å². The minimum atomic E-state index is -4.40. The number of halogens is 3. The molecule has 0 spiro atoms. The third-order valence-corrected chi connectivity index (χ3v) is 3.97. The van der Waals surface area contributed by atoms with Crippen LogP contribution in [-0.4, -0.2) is 29.6 Å². The van der Waals surface area contributed by atoms with Crippen LogP contribution in [0.5, 0.6) is 0 Å². The molecule has 0 unspecified atom stereocenters. The molecule has 0 bridgehead atoms. The van der Waals surface area contributed by atoms with Crippen molar-refractivity contribution in [3.8, 4) is 0 Å². The van der Waals surface area contributed by atoms with Gasteiger partial charge in [-0.1, -0.05) is 0 Å². The molecule has 3 nitrogen and oxygen atoms in total. The fraction of sp³-hybridized carbons (Fsp3) is 0.417. The molecule has 1 aromatic carbocycles.